The van der Waals surface area contributed by atoms with Crippen LogP contribution in [-0.2, 0) is 0 Å². The van der Waals surface area contributed by atoms with Gasteiger partial charge in [0.1, 0.15) is 5.82 Å². The molecule has 1 aromatic heterocycles. The van der Waals surface area contributed by atoms with Crippen LogP contribution < -0.4 is 10.6 Å². The summed E-state index contributed by atoms with van der Waals surface area (Å²) in [7, 11) is 0. The van der Waals surface area contributed by atoms with Crippen molar-refractivity contribution in [2.24, 2.45) is 10.7 Å². The van der Waals surface area contributed by atoms with Crippen molar-refractivity contribution in [3.05, 3.63) is 41.7 Å². The van der Waals surface area contributed by atoms with E-state index in [1.165, 1.54) is 12.1 Å². The van der Waals surface area contributed by atoms with Crippen LogP contribution in [0.4, 0.5) is 9.52 Å². The van der Waals surface area contributed by atoms with Gasteiger partial charge in [-0.3, -0.25) is 4.99 Å². The van der Waals surface area contributed by atoms with Crippen molar-refractivity contribution in [3.63, 3.8) is 0 Å². The van der Waals surface area contributed by atoms with E-state index >= 15 is 0 Å². The van der Waals surface area contributed by atoms with E-state index in [2.05, 4.69) is 19.8 Å². The summed E-state index contributed by atoms with van der Waals surface area (Å²) in [6, 6.07) is 6.59. The second-order valence-corrected chi connectivity index (χ2v) is 7.73. The van der Waals surface area contributed by atoms with E-state index in [0.29, 0.717) is 12.5 Å². The molecule has 0 atom stereocenters. The van der Waals surface area contributed by atoms with Crippen LogP contribution >= 0.6 is 47.1 Å². The summed E-state index contributed by atoms with van der Waals surface area (Å²) in [4.78, 5) is 14.3. The fourth-order valence-electron chi connectivity index (χ4n) is 2.58. The van der Waals surface area contributed by atoms with E-state index in [9.17, 15) is 4.39 Å². The number of guanidine groups is 1. The van der Waals surface area contributed by atoms with Gasteiger partial charge in [-0.05, 0) is 36.4 Å². The van der Waals surface area contributed by atoms with Crippen LogP contribution in [0.25, 0.3) is 0 Å². The summed E-state index contributed by atoms with van der Waals surface area (Å²) in [6.45, 7) is 4.31. The first kappa shape index (κ1) is 21.2. The van der Waals surface area contributed by atoms with Crippen molar-refractivity contribution in [2.75, 3.05) is 43.4 Å². The smallest absolute Gasteiger partial charge is 0.191 e. The molecule has 1 saturated heterocycles. The second kappa shape index (κ2) is 10.9. The number of hydrogen-bond acceptors (Lipinski definition) is 5. The van der Waals surface area contributed by atoms with E-state index in [0.717, 1.165) is 48.4 Å². The maximum atomic E-state index is 12.8. The summed E-state index contributed by atoms with van der Waals surface area (Å²) in [5.74, 6) is 1.38. The molecule has 0 radical (unpaired) electrons. The van der Waals surface area contributed by atoms with E-state index in [4.69, 9.17) is 5.73 Å². The molecule has 3 rings (SSSR count). The van der Waals surface area contributed by atoms with Crippen LogP contribution in [-0.4, -0.2) is 54.3 Å². The number of thioether (sulfide) groups is 1. The zero-order chi connectivity index (χ0) is 17.5. The van der Waals surface area contributed by atoms with Crippen molar-refractivity contribution in [3.8, 4) is 0 Å². The molecule has 1 aliphatic rings. The summed E-state index contributed by atoms with van der Waals surface area (Å²) in [6.07, 6.45) is 2.79. The molecule has 0 amide bonds. The van der Waals surface area contributed by atoms with Gasteiger partial charge in [0, 0.05) is 49.2 Å². The van der Waals surface area contributed by atoms with Gasteiger partial charge in [-0.25, -0.2) is 9.37 Å². The van der Waals surface area contributed by atoms with Crippen molar-refractivity contribution in [2.45, 2.75) is 11.3 Å². The maximum absolute atomic E-state index is 12.8. The van der Waals surface area contributed by atoms with Crippen LogP contribution in [0.3, 0.4) is 0 Å². The molecule has 2 aromatic rings. The van der Waals surface area contributed by atoms with Crippen LogP contribution in [0, 0.1) is 5.82 Å². The first-order valence-electron chi connectivity index (χ1n) is 8.30. The minimum absolute atomic E-state index is 0. The first-order chi connectivity index (χ1) is 12.2. The number of anilines is 1. The number of aliphatic imine (C=N–C) groups is 1. The van der Waals surface area contributed by atoms with E-state index in [1.807, 2.05) is 11.6 Å². The Labute approximate surface area is 178 Å². The zero-order valence-corrected chi connectivity index (χ0v) is 18.3. The number of hydrogen-bond donors (Lipinski definition) is 1. The van der Waals surface area contributed by atoms with Gasteiger partial charge in [-0.2, -0.15) is 0 Å². The molecule has 0 saturated carbocycles. The van der Waals surface area contributed by atoms with Gasteiger partial charge >= 0.3 is 0 Å². The highest BCUT2D eigenvalue weighted by molar-refractivity contribution is 14.0. The largest absolute Gasteiger partial charge is 0.370 e. The Morgan fingerprint density at radius 2 is 1.96 bits per heavy atom. The molecule has 0 spiro atoms. The lowest BCUT2D eigenvalue weighted by molar-refractivity contribution is 0.380. The molecule has 9 heteroatoms. The van der Waals surface area contributed by atoms with Gasteiger partial charge in [-0.1, -0.05) is 0 Å². The quantitative estimate of drug-likeness (QED) is 0.213. The summed E-state index contributed by atoms with van der Waals surface area (Å²) >= 11 is 3.38. The number of aromatic nitrogens is 1. The molecule has 1 fully saturated rings. The van der Waals surface area contributed by atoms with Crippen LogP contribution in [0.5, 0.6) is 0 Å². The molecule has 5 nitrogen and oxygen atoms in total. The number of nitrogens with two attached hydrogens (primary N) is 1. The second-order valence-electron chi connectivity index (χ2n) is 5.68. The van der Waals surface area contributed by atoms with E-state index < -0.39 is 0 Å². The van der Waals surface area contributed by atoms with Gasteiger partial charge in [-0.15, -0.1) is 47.1 Å². The number of piperazine rings is 1. The molecule has 2 heterocycles. The van der Waals surface area contributed by atoms with Gasteiger partial charge in [0.25, 0.3) is 0 Å². The number of halogens is 2. The fraction of sp³-hybridized carbons (Fsp3) is 0.412. The third-order valence-electron chi connectivity index (χ3n) is 3.95. The summed E-state index contributed by atoms with van der Waals surface area (Å²) in [5.41, 5.74) is 6.12. The van der Waals surface area contributed by atoms with Gasteiger partial charge in [0.15, 0.2) is 11.1 Å². The monoisotopic (exact) mass is 507 g/mol. The minimum Gasteiger partial charge on any atom is -0.370 e. The molecule has 0 bridgehead atoms. The highest BCUT2D eigenvalue weighted by atomic mass is 127. The molecule has 1 aliphatic heterocycles. The molecule has 2 N–H and O–H groups in total. The molecule has 26 heavy (non-hydrogen) atoms. The highest BCUT2D eigenvalue weighted by Crippen LogP contribution is 2.19. The Bertz CT molecular complexity index is 673. The van der Waals surface area contributed by atoms with Crippen molar-refractivity contribution in [1.29, 1.82) is 0 Å². The SMILES string of the molecule is I.NC(=NCCCSc1ccc(F)cc1)N1CCN(c2nccs2)CC1. The molecule has 142 valence electrons. The summed E-state index contributed by atoms with van der Waals surface area (Å²) < 4.78 is 12.8. The molecule has 0 unspecified atom stereocenters. The average Bonchev–Trinajstić information content (AvgIpc) is 3.18. The predicted molar refractivity (Wildman–Crippen MR) is 120 cm³/mol. The lowest BCUT2D eigenvalue weighted by Gasteiger charge is -2.35. The lowest BCUT2D eigenvalue weighted by atomic mass is 10.3. The molecule has 1 aromatic carbocycles. The average molecular weight is 507 g/mol. The minimum atomic E-state index is -0.198. The predicted octanol–water partition coefficient (Wildman–Crippen LogP) is 3.52. The third-order valence-corrected chi connectivity index (χ3v) is 5.88. The Hall–Kier alpha value is -1.07. The normalized spacial score (nSPS) is 15.0. The Morgan fingerprint density at radius 3 is 2.62 bits per heavy atom. The van der Waals surface area contributed by atoms with Crippen LogP contribution in [0.2, 0.25) is 0 Å². The Kier molecular flexibility index (Phi) is 8.93. The topological polar surface area (TPSA) is 57.8 Å². The number of benzene rings is 1. The molecular formula is C17H23FIN5S2. The molecule has 0 aliphatic carbocycles. The van der Waals surface area contributed by atoms with Gasteiger partial charge < -0.3 is 15.5 Å². The van der Waals surface area contributed by atoms with Gasteiger partial charge in [0.2, 0.25) is 0 Å². The van der Waals surface area contributed by atoms with Crippen molar-refractivity contribution < 1.29 is 4.39 Å². The third kappa shape index (κ3) is 6.27. The number of nitrogens with zero attached hydrogens (tertiary/aromatic N) is 4. The van der Waals surface area contributed by atoms with Crippen LogP contribution in [0.1, 0.15) is 6.42 Å². The highest BCUT2D eigenvalue weighted by Gasteiger charge is 2.19. The number of rotatable bonds is 6. The lowest BCUT2D eigenvalue weighted by Crippen LogP contribution is -2.51. The Morgan fingerprint density at radius 1 is 1.23 bits per heavy atom. The van der Waals surface area contributed by atoms with Crippen molar-refractivity contribution >= 4 is 58.2 Å². The fourth-order valence-corrected chi connectivity index (χ4v) is 4.11. The first-order valence-corrected chi connectivity index (χ1v) is 10.2. The maximum Gasteiger partial charge on any atom is 0.191 e. The molecular weight excluding hydrogens is 484 g/mol. The van der Waals surface area contributed by atoms with Gasteiger partial charge in [0.05, 0.1) is 0 Å². The van der Waals surface area contributed by atoms with Crippen LogP contribution in [0.15, 0.2) is 45.7 Å². The number of thiazole rings is 1. The zero-order valence-electron chi connectivity index (χ0n) is 14.4. The van der Waals surface area contributed by atoms with Crippen molar-refractivity contribution in [1.82, 2.24) is 9.88 Å². The summed E-state index contributed by atoms with van der Waals surface area (Å²) in [5, 5.41) is 3.08. The standard InChI is InChI=1S/C17H22FN5S2.HI/c18-14-2-4-15(5-3-14)24-12-1-6-20-16(19)22-8-10-23(11-9-22)17-21-7-13-25-17;/h2-5,7,13H,1,6,8-12H2,(H2,19,20);1H. The Balaban J connectivity index is 0.00000243. The van der Waals surface area contributed by atoms with E-state index in [1.54, 1.807) is 35.2 Å². The van der Waals surface area contributed by atoms with E-state index in [-0.39, 0.29) is 29.8 Å².